The molecule has 9 nitrogen and oxygen atoms in total. The number of aliphatic carboxylic acids is 1. The minimum atomic E-state index is -0.664. The lowest BCUT2D eigenvalue weighted by atomic mass is 9.85. The van der Waals surface area contributed by atoms with Crippen molar-refractivity contribution in [2.45, 2.75) is 33.3 Å². The van der Waals surface area contributed by atoms with Crippen LogP contribution in [0.2, 0.25) is 0 Å². The summed E-state index contributed by atoms with van der Waals surface area (Å²) in [5.74, 6) is -0.259. The van der Waals surface area contributed by atoms with E-state index >= 15 is 0 Å². The number of thiazole rings is 1. The normalized spacial score (nSPS) is 19.6. The first-order chi connectivity index (χ1) is 19.6. The summed E-state index contributed by atoms with van der Waals surface area (Å²) in [6, 6.07) is 11.5. The number of ether oxygens (including phenoxy) is 1. The lowest BCUT2D eigenvalue weighted by molar-refractivity contribution is -0.144. The Morgan fingerprint density at radius 2 is 1.85 bits per heavy atom. The second-order valence-electron chi connectivity index (χ2n) is 11.1. The number of carboxylic acid groups (broad SMARTS) is 1. The molecular weight excluding hydrogens is 540 g/mol. The fourth-order valence-electron chi connectivity index (χ4n) is 6.02. The molecule has 2 amide bonds. The van der Waals surface area contributed by atoms with E-state index in [0.29, 0.717) is 12.2 Å². The number of piperidine rings is 1. The lowest BCUT2D eigenvalue weighted by Crippen LogP contribution is -2.44. The van der Waals surface area contributed by atoms with Crippen LogP contribution < -0.4 is 15.0 Å². The number of carbonyl (C=O) groups excluding carboxylic acids is 2. The Labute approximate surface area is 244 Å². The van der Waals surface area contributed by atoms with Crippen LogP contribution in [0.3, 0.4) is 0 Å². The first-order valence-corrected chi connectivity index (χ1v) is 14.7. The summed E-state index contributed by atoms with van der Waals surface area (Å²) in [5, 5.41) is 15.2. The van der Waals surface area contributed by atoms with Crippen molar-refractivity contribution < 1.29 is 24.2 Å². The number of rotatable bonds is 9. The number of aromatic nitrogens is 1. The number of likely N-dealkylation sites (N-methyl/N-ethyl adjacent to an activating group) is 2. The molecule has 2 N–H and O–H groups in total. The summed E-state index contributed by atoms with van der Waals surface area (Å²) in [5.41, 5.74) is 5.25. The number of anilines is 1. The number of carboxylic acids is 1. The van der Waals surface area contributed by atoms with Gasteiger partial charge >= 0.3 is 5.97 Å². The highest BCUT2D eigenvalue weighted by atomic mass is 32.1. The van der Waals surface area contributed by atoms with E-state index in [1.807, 2.05) is 43.5 Å². The number of hydrogen-bond donors (Lipinski definition) is 2. The van der Waals surface area contributed by atoms with Crippen LogP contribution in [0, 0.1) is 31.6 Å². The van der Waals surface area contributed by atoms with Gasteiger partial charge < -0.3 is 25.0 Å². The maximum absolute atomic E-state index is 12.8. The number of nitrogens with one attached hydrogen (secondary N) is 1. The number of nitrogens with zero attached hydrogens (tertiary/aromatic N) is 3. The Balaban J connectivity index is 1.29. The SMILES string of the molecule is CNC(=O)CN(C)C(=O)c1ccc(COc2ccc(C)cc2-c2csc(N3CC4CC[C@@H](C3)[C@H]4C(=O)O)n2)c(C)c1. The van der Waals surface area contributed by atoms with Gasteiger partial charge in [-0.2, -0.15) is 0 Å². The smallest absolute Gasteiger partial charge is 0.307 e. The molecule has 2 aromatic carbocycles. The topological polar surface area (TPSA) is 112 Å². The molecule has 1 saturated heterocycles. The van der Waals surface area contributed by atoms with Crippen molar-refractivity contribution in [3.8, 4) is 17.0 Å². The third-order valence-electron chi connectivity index (χ3n) is 8.27. The van der Waals surface area contributed by atoms with Gasteiger partial charge in [-0.3, -0.25) is 14.4 Å². The zero-order valence-corrected chi connectivity index (χ0v) is 24.7. The predicted octanol–water partition coefficient (Wildman–Crippen LogP) is 4.37. The second kappa shape index (κ2) is 11.9. The number of benzene rings is 2. The Morgan fingerprint density at radius 3 is 2.51 bits per heavy atom. The van der Waals surface area contributed by atoms with Crippen LogP contribution >= 0.6 is 11.3 Å². The Kier molecular flexibility index (Phi) is 8.30. The molecule has 0 radical (unpaired) electrons. The summed E-state index contributed by atoms with van der Waals surface area (Å²) < 4.78 is 6.31. The molecule has 2 aliphatic rings. The van der Waals surface area contributed by atoms with Crippen molar-refractivity contribution in [3.05, 3.63) is 64.0 Å². The summed E-state index contributed by atoms with van der Waals surface area (Å²) in [6.45, 7) is 5.77. The van der Waals surface area contributed by atoms with E-state index in [0.717, 1.165) is 64.8 Å². The first-order valence-electron chi connectivity index (χ1n) is 13.9. The van der Waals surface area contributed by atoms with Gasteiger partial charge in [-0.1, -0.05) is 17.7 Å². The third-order valence-corrected chi connectivity index (χ3v) is 9.17. The molecule has 1 aliphatic carbocycles. The molecule has 1 aliphatic heterocycles. The zero-order valence-electron chi connectivity index (χ0n) is 23.8. The van der Waals surface area contributed by atoms with E-state index in [2.05, 4.69) is 16.3 Å². The zero-order chi connectivity index (χ0) is 29.3. The molecule has 1 aromatic heterocycles. The maximum atomic E-state index is 12.8. The lowest BCUT2D eigenvalue weighted by Gasteiger charge is -2.35. The van der Waals surface area contributed by atoms with Gasteiger partial charge in [0, 0.05) is 43.7 Å². The Bertz CT molecular complexity index is 1460. The fraction of sp³-hybridized carbons (Fsp3) is 0.419. The van der Waals surface area contributed by atoms with Gasteiger partial charge in [0.1, 0.15) is 12.4 Å². The van der Waals surface area contributed by atoms with E-state index in [4.69, 9.17) is 9.72 Å². The average molecular weight is 577 g/mol. The van der Waals surface area contributed by atoms with Crippen LogP contribution in [0.5, 0.6) is 5.75 Å². The number of fused-ring (bicyclic) bond motifs is 2. The molecule has 10 heteroatoms. The van der Waals surface area contributed by atoms with Gasteiger partial charge in [0.2, 0.25) is 5.91 Å². The minimum Gasteiger partial charge on any atom is -0.488 e. The van der Waals surface area contributed by atoms with Crippen molar-refractivity contribution in [2.24, 2.45) is 17.8 Å². The van der Waals surface area contributed by atoms with Crippen LogP contribution in [0.25, 0.3) is 11.3 Å². The van der Waals surface area contributed by atoms with Gasteiger partial charge in [-0.25, -0.2) is 4.98 Å². The summed E-state index contributed by atoms with van der Waals surface area (Å²) in [4.78, 5) is 44.8. The molecular formula is C31H36N4O5S. The quantitative estimate of drug-likeness (QED) is 0.389. The van der Waals surface area contributed by atoms with Crippen molar-refractivity contribution in [3.63, 3.8) is 0 Å². The van der Waals surface area contributed by atoms with Crippen LogP contribution in [0.15, 0.2) is 41.8 Å². The number of hydrogen-bond acceptors (Lipinski definition) is 7. The van der Waals surface area contributed by atoms with Crippen LogP contribution in [0.4, 0.5) is 5.13 Å². The van der Waals surface area contributed by atoms with Crippen LogP contribution in [-0.2, 0) is 16.2 Å². The number of carbonyl (C=O) groups is 3. The molecule has 3 aromatic rings. The van der Waals surface area contributed by atoms with E-state index in [9.17, 15) is 19.5 Å². The van der Waals surface area contributed by atoms with E-state index in [1.165, 1.54) is 4.90 Å². The molecule has 1 saturated carbocycles. The summed E-state index contributed by atoms with van der Waals surface area (Å²) in [6.07, 6.45) is 1.93. The molecule has 3 atom stereocenters. The highest BCUT2D eigenvalue weighted by Gasteiger charge is 2.46. The van der Waals surface area contributed by atoms with Crippen LogP contribution in [-0.4, -0.2) is 66.5 Å². The molecule has 2 bridgehead atoms. The van der Waals surface area contributed by atoms with Gasteiger partial charge in [0.25, 0.3) is 5.91 Å². The molecule has 0 spiro atoms. The maximum Gasteiger partial charge on any atom is 0.307 e. The number of aryl methyl sites for hydroxylation is 2. The van der Waals surface area contributed by atoms with Gasteiger partial charge in [0.15, 0.2) is 5.13 Å². The molecule has 5 rings (SSSR count). The van der Waals surface area contributed by atoms with Crippen molar-refractivity contribution in [1.29, 1.82) is 0 Å². The monoisotopic (exact) mass is 576 g/mol. The van der Waals surface area contributed by atoms with Gasteiger partial charge in [0.05, 0.1) is 18.2 Å². The molecule has 216 valence electrons. The first kappa shape index (κ1) is 28.6. The Hall–Kier alpha value is -3.92. The van der Waals surface area contributed by atoms with Crippen molar-refractivity contribution >= 4 is 34.3 Å². The Morgan fingerprint density at radius 1 is 1.12 bits per heavy atom. The fourth-order valence-corrected chi connectivity index (χ4v) is 6.86. The van der Waals surface area contributed by atoms with Gasteiger partial charge in [-0.15, -0.1) is 11.3 Å². The average Bonchev–Trinajstić information content (AvgIpc) is 3.55. The minimum absolute atomic E-state index is 0.00441. The summed E-state index contributed by atoms with van der Waals surface area (Å²) in [7, 11) is 3.15. The second-order valence-corrected chi connectivity index (χ2v) is 12.0. The van der Waals surface area contributed by atoms with Gasteiger partial charge in [-0.05, 0) is 73.9 Å². The van der Waals surface area contributed by atoms with Crippen LogP contribution in [0.1, 0.15) is 39.9 Å². The largest absolute Gasteiger partial charge is 0.488 e. The van der Waals surface area contributed by atoms with Crippen molar-refractivity contribution in [2.75, 3.05) is 38.6 Å². The summed E-state index contributed by atoms with van der Waals surface area (Å²) >= 11 is 1.59. The van der Waals surface area contributed by atoms with E-state index < -0.39 is 5.97 Å². The molecule has 2 fully saturated rings. The number of amides is 2. The standard InChI is InChI=1S/C31H36N4O5S/c1-18-5-10-26(40-16-23-9-6-20(12-19(23)2)29(37)34(4)15-27(36)32-3)24(11-18)25-17-41-31(33-25)35-13-21-7-8-22(14-35)28(21)30(38)39/h5-6,9-12,17,21-22,28H,7-8,13-16H2,1-4H3,(H,32,36)(H,38,39)/t21-,22?,28+/m0/s1. The highest BCUT2D eigenvalue weighted by Crippen LogP contribution is 2.44. The highest BCUT2D eigenvalue weighted by molar-refractivity contribution is 7.14. The molecule has 2 heterocycles. The van der Waals surface area contributed by atoms with E-state index in [1.54, 1.807) is 31.5 Å². The van der Waals surface area contributed by atoms with Crippen molar-refractivity contribution in [1.82, 2.24) is 15.2 Å². The molecule has 1 unspecified atom stereocenters. The third kappa shape index (κ3) is 6.07. The predicted molar refractivity (Wildman–Crippen MR) is 158 cm³/mol. The van der Waals surface area contributed by atoms with E-state index in [-0.39, 0.29) is 36.1 Å². The molecule has 41 heavy (non-hydrogen) atoms.